The first kappa shape index (κ1) is 30.4. The predicted octanol–water partition coefficient (Wildman–Crippen LogP) is 14.7. The van der Waals surface area contributed by atoms with Gasteiger partial charge in [-0.15, -0.1) is 0 Å². The van der Waals surface area contributed by atoms with Crippen LogP contribution in [0, 0.1) is 13.8 Å². The molecule has 0 N–H and O–H groups in total. The van der Waals surface area contributed by atoms with E-state index in [2.05, 4.69) is 187 Å². The van der Waals surface area contributed by atoms with Crippen LogP contribution < -0.4 is 4.90 Å². The lowest BCUT2D eigenvalue weighted by Crippen LogP contribution is -2.13. The molecule has 11 aromatic rings. The maximum atomic E-state index is 6.66. The molecule has 12 rings (SSSR count). The van der Waals surface area contributed by atoms with Crippen molar-refractivity contribution >= 4 is 82.4 Å². The lowest BCUT2D eigenvalue weighted by Gasteiger charge is -2.29. The van der Waals surface area contributed by atoms with Crippen LogP contribution in [0.4, 0.5) is 17.1 Å². The number of anilines is 3. The van der Waals surface area contributed by atoms with Gasteiger partial charge < -0.3 is 13.9 Å². The van der Waals surface area contributed by atoms with E-state index in [0.717, 1.165) is 44.6 Å². The molecule has 2 aromatic heterocycles. The molecule has 1 aliphatic carbocycles. The van der Waals surface area contributed by atoms with Gasteiger partial charge in [-0.2, -0.15) is 0 Å². The van der Waals surface area contributed by atoms with Crippen molar-refractivity contribution in [3.05, 3.63) is 181 Å². The predicted molar refractivity (Wildman–Crippen MR) is 232 cm³/mol. The lowest BCUT2D eigenvalue weighted by atomic mass is 9.78. The molecule has 0 amide bonds. The van der Waals surface area contributed by atoms with E-state index in [1.807, 2.05) is 6.07 Å². The maximum absolute atomic E-state index is 6.66. The SMILES string of the molecule is Cc1ccccc1N(c1ccc2cc3c(cc2c1)-c1cc2cc(-n4c5ccccc5c5ccccc54)ccc2cc1-3)c1c(C)ccc2c1oc1ccccc12. The minimum absolute atomic E-state index is 0.903. The third kappa shape index (κ3) is 4.32. The van der Waals surface area contributed by atoms with Crippen LogP contribution in [0.3, 0.4) is 0 Å². The second kappa shape index (κ2) is 11.2. The summed E-state index contributed by atoms with van der Waals surface area (Å²) in [6.45, 7) is 4.37. The summed E-state index contributed by atoms with van der Waals surface area (Å²) in [5, 5.41) is 9.78. The molecule has 0 aliphatic heterocycles. The molecule has 55 heavy (non-hydrogen) atoms. The number of nitrogens with zero attached hydrogens (tertiary/aromatic N) is 2. The summed E-state index contributed by atoms with van der Waals surface area (Å²) >= 11 is 0. The van der Waals surface area contributed by atoms with E-state index < -0.39 is 0 Å². The fourth-order valence-electron chi connectivity index (χ4n) is 9.23. The van der Waals surface area contributed by atoms with Gasteiger partial charge in [0, 0.05) is 38.6 Å². The highest BCUT2D eigenvalue weighted by Gasteiger charge is 2.26. The normalized spacial score (nSPS) is 12.2. The summed E-state index contributed by atoms with van der Waals surface area (Å²) in [5.41, 5.74) is 16.4. The van der Waals surface area contributed by atoms with Crippen LogP contribution in [0.5, 0.6) is 0 Å². The highest BCUT2D eigenvalue weighted by atomic mass is 16.3. The van der Waals surface area contributed by atoms with Crippen LogP contribution in [0.25, 0.3) is 93.2 Å². The minimum Gasteiger partial charge on any atom is -0.454 e. The molecule has 3 heteroatoms. The molecule has 0 saturated heterocycles. The van der Waals surface area contributed by atoms with Gasteiger partial charge in [-0.25, -0.2) is 0 Å². The number of hydrogen-bond acceptors (Lipinski definition) is 2. The number of furan rings is 1. The van der Waals surface area contributed by atoms with Crippen LogP contribution in [-0.2, 0) is 0 Å². The van der Waals surface area contributed by atoms with E-state index in [0.29, 0.717) is 0 Å². The van der Waals surface area contributed by atoms with Crippen LogP contribution in [0.1, 0.15) is 11.1 Å². The summed E-state index contributed by atoms with van der Waals surface area (Å²) in [6.07, 6.45) is 0. The number of aromatic nitrogens is 1. The second-order valence-corrected chi connectivity index (χ2v) is 15.1. The van der Waals surface area contributed by atoms with Gasteiger partial charge in [0.15, 0.2) is 5.58 Å². The fourth-order valence-corrected chi connectivity index (χ4v) is 9.23. The number of fused-ring (bicyclic) bond motifs is 12. The monoisotopic (exact) mass is 702 g/mol. The van der Waals surface area contributed by atoms with Crippen molar-refractivity contribution in [2.45, 2.75) is 13.8 Å². The first-order valence-corrected chi connectivity index (χ1v) is 19.0. The molecule has 1 aliphatic rings. The molecule has 9 aromatic carbocycles. The summed E-state index contributed by atoms with van der Waals surface area (Å²) < 4.78 is 9.07. The average Bonchev–Trinajstić information content (AvgIpc) is 3.77. The third-order valence-electron chi connectivity index (χ3n) is 11.9. The van der Waals surface area contributed by atoms with Crippen molar-refractivity contribution < 1.29 is 4.42 Å². The molecule has 3 nitrogen and oxygen atoms in total. The number of hydrogen-bond donors (Lipinski definition) is 0. The molecular weight excluding hydrogens is 669 g/mol. The first-order chi connectivity index (χ1) is 27.1. The van der Waals surface area contributed by atoms with Crippen LogP contribution in [-0.4, -0.2) is 4.57 Å². The van der Waals surface area contributed by atoms with E-state index in [9.17, 15) is 0 Å². The average molecular weight is 703 g/mol. The Kier molecular flexibility index (Phi) is 6.19. The molecule has 2 heterocycles. The minimum atomic E-state index is 0.903. The molecule has 0 radical (unpaired) electrons. The van der Waals surface area contributed by atoms with E-state index in [1.165, 1.54) is 76.9 Å². The van der Waals surface area contributed by atoms with Gasteiger partial charge in [-0.3, -0.25) is 0 Å². The van der Waals surface area contributed by atoms with Crippen molar-refractivity contribution in [3.63, 3.8) is 0 Å². The molecule has 0 unspecified atom stereocenters. The van der Waals surface area contributed by atoms with Gasteiger partial charge >= 0.3 is 0 Å². The summed E-state index contributed by atoms with van der Waals surface area (Å²) in [7, 11) is 0. The second-order valence-electron chi connectivity index (χ2n) is 15.1. The zero-order valence-electron chi connectivity index (χ0n) is 30.5. The third-order valence-corrected chi connectivity index (χ3v) is 11.9. The van der Waals surface area contributed by atoms with E-state index >= 15 is 0 Å². The Morgan fingerprint density at radius 3 is 1.73 bits per heavy atom. The topological polar surface area (TPSA) is 21.3 Å². The number of para-hydroxylation sites is 4. The highest BCUT2D eigenvalue weighted by Crippen LogP contribution is 2.52. The fraction of sp³-hybridized carbons (Fsp3) is 0.0385. The zero-order chi connectivity index (χ0) is 36.4. The van der Waals surface area contributed by atoms with Crippen molar-refractivity contribution in [1.82, 2.24) is 4.57 Å². The van der Waals surface area contributed by atoms with E-state index in [-0.39, 0.29) is 0 Å². The van der Waals surface area contributed by atoms with Crippen molar-refractivity contribution in [2.24, 2.45) is 0 Å². The molecule has 0 atom stereocenters. The van der Waals surface area contributed by atoms with Gasteiger partial charge in [-0.05, 0) is 142 Å². The smallest absolute Gasteiger partial charge is 0.159 e. The quantitative estimate of drug-likeness (QED) is 0.182. The molecular formula is C52H34N2O. The van der Waals surface area contributed by atoms with Crippen LogP contribution in [0.2, 0.25) is 0 Å². The van der Waals surface area contributed by atoms with Crippen LogP contribution >= 0.6 is 0 Å². The number of rotatable bonds is 4. The van der Waals surface area contributed by atoms with Gasteiger partial charge in [0.2, 0.25) is 0 Å². The van der Waals surface area contributed by atoms with Crippen molar-refractivity contribution in [1.29, 1.82) is 0 Å². The Morgan fingerprint density at radius 1 is 0.436 bits per heavy atom. The Morgan fingerprint density at radius 2 is 1.02 bits per heavy atom. The van der Waals surface area contributed by atoms with Crippen LogP contribution in [0.15, 0.2) is 174 Å². The standard InChI is InChI=1S/C52H34N2O/c1-31-11-3-7-15-47(31)54(51-32(2)19-24-42-41-14-6-10-18-50(41)55-52(42)51)38-23-21-34-28-44-43-27-33-20-22-37(25-35(33)29-45(43)46(44)30-36(34)26-38)53-48-16-8-4-12-39(48)40-13-5-9-17-49(40)53/h3-30H,1-2H3. The number of benzene rings is 9. The van der Waals surface area contributed by atoms with Gasteiger partial charge in [0.05, 0.1) is 16.7 Å². The maximum Gasteiger partial charge on any atom is 0.159 e. The molecule has 0 fully saturated rings. The zero-order valence-corrected chi connectivity index (χ0v) is 30.5. The Labute approximate surface area is 317 Å². The molecule has 0 spiro atoms. The first-order valence-electron chi connectivity index (χ1n) is 19.0. The summed E-state index contributed by atoms with van der Waals surface area (Å²) in [6, 6.07) is 62.2. The Hall–Kier alpha value is -7.10. The molecule has 258 valence electrons. The molecule has 0 saturated carbocycles. The lowest BCUT2D eigenvalue weighted by molar-refractivity contribution is 0.668. The highest BCUT2D eigenvalue weighted by molar-refractivity contribution is 6.14. The van der Waals surface area contributed by atoms with Gasteiger partial charge in [0.1, 0.15) is 5.58 Å². The van der Waals surface area contributed by atoms with Crippen molar-refractivity contribution in [3.8, 4) is 27.9 Å². The summed E-state index contributed by atoms with van der Waals surface area (Å²) in [5.74, 6) is 0. The number of aryl methyl sites for hydroxylation is 2. The Balaban J connectivity index is 1.01. The Bertz CT molecular complexity index is 3360. The molecule has 0 bridgehead atoms. The van der Waals surface area contributed by atoms with E-state index in [4.69, 9.17) is 4.42 Å². The van der Waals surface area contributed by atoms with E-state index in [1.54, 1.807) is 0 Å². The summed E-state index contributed by atoms with van der Waals surface area (Å²) in [4.78, 5) is 2.39. The van der Waals surface area contributed by atoms with Gasteiger partial charge in [-0.1, -0.05) is 97.1 Å². The van der Waals surface area contributed by atoms with Gasteiger partial charge in [0.25, 0.3) is 0 Å². The van der Waals surface area contributed by atoms with Crippen molar-refractivity contribution in [2.75, 3.05) is 4.90 Å². The largest absolute Gasteiger partial charge is 0.454 e.